The number of hydrogen-bond donors (Lipinski definition) is 2. The monoisotopic (exact) mass is 405 g/mol. The van der Waals surface area contributed by atoms with E-state index >= 15 is 0 Å². The summed E-state index contributed by atoms with van der Waals surface area (Å²) in [5.74, 6) is 0.912. The van der Waals surface area contributed by atoms with Gasteiger partial charge in [-0.25, -0.2) is 9.78 Å². The highest BCUT2D eigenvalue weighted by Gasteiger charge is 2.18. The van der Waals surface area contributed by atoms with Gasteiger partial charge >= 0.3 is 5.97 Å². The fourth-order valence-electron chi connectivity index (χ4n) is 3.39. The Labute approximate surface area is 173 Å². The van der Waals surface area contributed by atoms with Crippen LogP contribution in [0, 0.1) is 0 Å². The molecule has 0 saturated heterocycles. The number of unbranched alkanes of at least 4 members (excludes halogenated alkanes) is 1. The Hall–Kier alpha value is -3.45. The van der Waals surface area contributed by atoms with Crippen LogP contribution in [0.5, 0.6) is 0 Å². The molecule has 30 heavy (non-hydrogen) atoms. The van der Waals surface area contributed by atoms with Gasteiger partial charge in [0.05, 0.1) is 18.1 Å². The van der Waals surface area contributed by atoms with Gasteiger partial charge in [0, 0.05) is 25.0 Å². The van der Waals surface area contributed by atoms with Crippen molar-refractivity contribution in [2.75, 3.05) is 25.6 Å². The zero-order valence-electron chi connectivity index (χ0n) is 16.7. The third-order valence-electron chi connectivity index (χ3n) is 4.88. The molecule has 0 unspecified atom stereocenters. The number of carbonyl (C=O) groups is 1. The molecule has 0 bridgehead atoms. The number of anilines is 1. The molecule has 2 heterocycles. The normalized spacial score (nSPS) is 11.1. The van der Waals surface area contributed by atoms with Gasteiger partial charge < -0.3 is 19.6 Å². The first-order valence-corrected chi connectivity index (χ1v) is 9.89. The quantitative estimate of drug-likeness (QED) is 0.338. The first kappa shape index (κ1) is 19.8. The highest BCUT2D eigenvalue weighted by molar-refractivity contribution is 6.10. The molecule has 0 fully saturated rings. The molecule has 0 aliphatic rings. The van der Waals surface area contributed by atoms with Crippen LogP contribution in [0.25, 0.3) is 22.1 Å². The Morgan fingerprint density at radius 3 is 2.73 bits per heavy atom. The van der Waals surface area contributed by atoms with E-state index in [1.165, 1.54) is 7.11 Å². The summed E-state index contributed by atoms with van der Waals surface area (Å²) in [7, 11) is 1.35. The van der Waals surface area contributed by atoms with E-state index in [0.29, 0.717) is 47.9 Å². The molecule has 2 N–H and O–H groups in total. The predicted octanol–water partition coefficient (Wildman–Crippen LogP) is 3.94. The molecule has 7 nitrogen and oxygen atoms in total. The van der Waals surface area contributed by atoms with E-state index in [4.69, 9.17) is 19.2 Å². The fourth-order valence-corrected chi connectivity index (χ4v) is 3.39. The van der Waals surface area contributed by atoms with Crippen LogP contribution in [-0.2, 0) is 11.2 Å². The summed E-state index contributed by atoms with van der Waals surface area (Å²) in [5, 5.41) is 14.0. The van der Waals surface area contributed by atoms with Gasteiger partial charge in [-0.2, -0.15) is 4.98 Å². The van der Waals surface area contributed by atoms with Crippen molar-refractivity contribution in [1.82, 2.24) is 9.97 Å². The Morgan fingerprint density at radius 2 is 1.97 bits per heavy atom. The smallest absolute Gasteiger partial charge is 0.337 e. The number of carbonyl (C=O) groups excluding carboxylic acids is 1. The zero-order valence-corrected chi connectivity index (χ0v) is 16.7. The van der Waals surface area contributed by atoms with Crippen LogP contribution in [0.3, 0.4) is 0 Å². The van der Waals surface area contributed by atoms with Crippen LogP contribution in [0.4, 0.5) is 5.82 Å². The first-order valence-electron chi connectivity index (χ1n) is 9.89. The molecule has 7 heteroatoms. The minimum Gasteiger partial charge on any atom is -0.465 e. The lowest BCUT2D eigenvalue weighted by Crippen LogP contribution is -2.07. The number of nitrogens with zero attached hydrogens (tertiary/aromatic N) is 2. The van der Waals surface area contributed by atoms with E-state index in [-0.39, 0.29) is 6.61 Å². The Bertz CT molecular complexity index is 1170. The number of furan rings is 1. The van der Waals surface area contributed by atoms with Crippen molar-refractivity contribution in [3.05, 3.63) is 65.5 Å². The van der Waals surface area contributed by atoms with Crippen molar-refractivity contribution in [3.8, 4) is 0 Å². The van der Waals surface area contributed by atoms with E-state index in [1.807, 2.05) is 36.4 Å². The molecule has 2 aromatic heterocycles. The highest BCUT2D eigenvalue weighted by atomic mass is 16.5. The van der Waals surface area contributed by atoms with Gasteiger partial charge in [0.2, 0.25) is 5.71 Å². The molecule has 0 amide bonds. The number of nitrogens with one attached hydrogen (secondary N) is 1. The fraction of sp³-hybridized carbons (Fsp3) is 0.261. The molecule has 4 aromatic rings. The Morgan fingerprint density at radius 1 is 1.13 bits per heavy atom. The summed E-state index contributed by atoms with van der Waals surface area (Å²) in [6, 6.07) is 15.2. The zero-order chi connectivity index (χ0) is 20.9. The van der Waals surface area contributed by atoms with Crippen molar-refractivity contribution in [3.63, 3.8) is 0 Å². The molecule has 0 saturated carbocycles. The van der Waals surface area contributed by atoms with Crippen molar-refractivity contribution < 1.29 is 19.1 Å². The minimum absolute atomic E-state index is 0.158. The maximum Gasteiger partial charge on any atom is 0.337 e. The van der Waals surface area contributed by atoms with Crippen LogP contribution >= 0.6 is 0 Å². The number of aromatic nitrogens is 2. The van der Waals surface area contributed by atoms with Gasteiger partial charge in [-0.05, 0) is 36.6 Å². The topological polar surface area (TPSA) is 97.5 Å². The standard InChI is InChI=1S/C23H23N3O4/c1-29-23(28)16-9-10-17-18(14-16)30-22-20(17)21(24-11-5-6-12-27)25-19(26-22)13-15-7-3-2-4-8-15/h2-4,7-10,14,27H,5-6,11-13H2,1H3,(H,24,25,26). The van der Waals surface area contributed by atoms with Crippen molar-refractivity contribution in [2.24, 2.45) is 0 Å². The average molecular weight is 405 g/mol. The van der Waals surface area contributed by atoms with E-state index in [9.17, 15) is 4.79 Å². The van der Waals surface area contributed by atoms with E-state index < -0.39 is 5.97 Å². The maximum atomic E-state index is 11.9. The number of benzene rings is 2. The third kappa shape index (κ3) is 4.11. The van der Waals surface area contributed by atoms with Gasteiger partial charge in [0.1, 0.15) is 17.2 Å². The highest BCUT2D eigenvalue weighted by Crippen LogP contribution is 2.33. The number of rotatable bonds is 8. The number of ether oxygens (including phenoxy) is 1. The van der Waals surface area contributed by atoms with Gasteiger partial charge in [0.15, 0.2) is 0 Å². The molecule has 0 aliphatic heterocycles. The lowest BCUT2D eigenvalue weighted by atomic mass is 10.1. The van der Waals surface area contributed by atoms with E-state index in [1.54, 1.807) is 12.1 Å². The van der Waals surface area contributed by atoms with Crippen molar-refractivity contribution in [1.29, 1.82) is 0 Å². The molecule has 154 valence electrons. The van der Waals surface area contributed by atoms with Crippen LogP contribution in [0.2, 0.25) is 0 Å². The lowest BCUT2D eigenvalue weighted by Gasteiger charge is -2.08. The second-order valence-electron chi connectivity index (χ2n) is 6.99. The molecule has 2 aromatic carbocycles. The number of esters is 1. The molecule has 0 atom stereocenters. The SMILES string of the molecule is COC(=O)c1ccc2c(c1)oc1nc(Cc3ccccc3)nc(NCCCCO)c12. The molecular weight excluding hydrogens is 382 g/mol. The van der Waals surface area contributed by atoms with Crippen LogP contribution < -0.4 is 5.32 Å². The Kier molecular flexibility index (Phi) is 5.90. The average Bonchev–Trinajstić information content (AvgIpc) is 3.14. The number of fused-ring (bicyclic) bond motifs is 3. The summed E-state index contributed by atoms with van der Waals surface area (Å²) in [5.41, 5.74) is 2.54. The van der Waals surface area contributed by atoms with Gasteiger partial charge in [0.25, 0.3) is 0 Å². The van der Waals surface area contributed by atoms with Crippen LogP contribution in [0.15, 0.2) is 52.9 Å². The summed E-state index contributed by atoms with van der Waals surface area (Å²) in [4.78, 5) is 21.3. The van der Waals surface area contributed by atoms with E-state index in [0.717, 1.165) is 22.8 Å². The summed E-state index contributed by atoms with van der Waals surface area (Å²) < 4.78 is 10.8. The van der Waals surface area contributed by atoms with Gasteiger partial charge in [-0.1, -0.05) is 30.3 Å². The second-order valence-corrected chi connectivity index (χ2v) is 6.99. The number of hydrogen-bond acceptors (Lipinski definition) is 7. The Balaban J connectivity index is 1.78. The number of aliphatic hydroxyl groups is 1. The summed E-state index contributed by atoms with van der Waals surface area (Å²) >= 11 is 0. The minimum atomic E-state index is -0.421. The molecule has 0 aliphatic carbocycles. The van der Waals surface area contributed by atoms with Gasteiger partial charge in [-0.3, -0.25) is 0 Å². The third-order valence-corrected chi connectivity index (χ3v) is 4.88. The van der Waals surface area contributed by atoms with Crippen LogP contribution in [-0.4, -0.2) is 41.3 Å². The lowest BCUT2D eigenvalue weighted by molar-refractivity contribution is 0.0600. The van der Waals surface area contributed by atoms with Crippen molar-refractivity contribution >= 4 is 33.9 Å². The second kappa shape index (κ2) is 8.92. The molecule has 0 radical (unpaired) electrons. The predicted molar refractivity (Wildman–Crippen MR) is 115 cm³/mol. The van der Waals surface area contributed by atoms with Crippen molar-refractivity contribution in [2.45, 2.75) is 19.3 Å². The maximum absolute atomic E-state index is 11.9. The largest absolute Gasteiger partial charge is 0.465 e. The van der Waals surface area contributed by atoms with Gasteiger partial charge in [-0.15, -0.1) is 0 Å². The van der Waals surface area contributed by atoms with Crippen LogP contribution in [0.1, 0.15) is 34.6 Å². The molecule has 4 rings (SSSR count). The summed E-state index contributed by atoms with van der Waals surface area (Å²) in [6.07, 6.45) is 2.11. The summed E-state index contributed by atoms with van der Waals surface area (Å²) in [6.45, 7) is 0.829. The van der Waals surface area contributed by atoms with E-state index in [2.05, 4.69) is 10.3 Å². The molecule has 0 spiro atoms. The first-order chi connectivity index (χ1) is 14.7. The molecular formula is C23H23N3O4. The number of aliphatic hydroxyl groups excluding tert-OH is 1. The number of methoxy groups -OCH3 is 1.